The molecule has 0 N–H and O–H groups in total. The van der Waals surface area contributed by atoms with Crippen molar-refractivity contribution in [3.05, 3.63) is 60.2 Å². The number of hydrogen-bond donors (Lipinski definition) is 0. The van der Waals surface area contributed by atoms with Crippen molar-refractivity contribution in [3.63, 3.8) is 0 Å². The fourth-order valence-corrected chi connectivity index (χ4v) is 10.2. The van der Waals surface area contributed by atoms with Gasteiger partial charge in [-0.05, 0) is 49.8 Å². The zero-order valence-corrected chi connectivity index (χ0v) is 19.7. The van der Waals surface area contributed by atoms with Crippen LogP contribution in [0.2, 0.25) is 19.1 Å². The highest BCUT2D eigenvalue weighted by Gasteiger charge is 2.49. The van der Waals surface area contributed by atoms with Gasteiger partial charge in [0.05, 0.1) is 13.0 Å². The minimum atomic E-state index is -3.46. The Hall–Kier alpha value is -1.43. The fraction of sp³-hybridized carbons (Fsp3) is 0.500. The highest BCUT2D eigenvalue weighted by Crippen LogP contribution is 2.45. The predicted molar refractivity (Wildman–Crippen MR) is 123 cm³/mol. The van der Waals surface area contributed by atoms with E-state index in [-0.39, 0.29) is 6.04 Å². The quantitative estimate of drug-likeness (QED) is 0.643. The summed E-state index contributed by atoms with van der Waals surface area (Å²) in [4.78, 5) is 0.450. The van der Waals surface area contributed by atoms with E-state index in [1.165, 1.54) is 30.9 Å². The Morgan fingerprint density at radius 3 is 2.31 bits per heavy atom. The molecule has 29 heavy (non-hydrogen) atoms. The van der Waals surface area contributed by atoms with Crippen molar-refractivity contribution in [1.29, 1.82) is 0 Å². The third-order valence-corrected chi connectivity index (χ3v) is 12.4. The number of benzene rings is 2. The summed E-state index contributed by atoms with van der Waals surface area (Å²) in [7, 11) is -5.22. The van der Waals surface area contributed by atoms with Crippen molar-refractivity contribution >= 4 is 23.3 Å². The van der Waals surface area contributed by atoms with E-state index in [0.717, 1.165) is 11.6 Å². The number of hydrogen-bond acceptors (Lipinski definition) is 2. The van der Waals surface area contributed by atoms with Crippen LogP contribution in [-0.4, -0.2) is 33.4 Å². The maximum absolute atomic E-state index is 13.7. The van der Waals surface area contributed by atoms with E-state index < -0.39 is 18.1 Å². The van der Waals surface area contributed by atoms with Crippen LogP contribution >= 0.6 is 0 Å². The van der Waals surface area contributed by atoms with Crippen molar-refractivity contribution < 1.29 is 8.42 Å². The Morgan fingerprint density at radius 2 is 1.62 bits per heavy atom. The standard InChI is InChI=1S/C24H33NO2SSi/c1-19-13-15-21(16-14-19)28(26,27)25-17-20-9-7-8-12-23(20)24(25)18-29(2,3)22-10-5-4-6-11-22/h4-6,10-11,13-16,20,23-24H,7-9,12,17-18H2,1-3H3/t20-,23+,24+/m1/s1. The Kier molecular flexibility index (Phi) is 5.75. The van der Waals surface area contributed by atoms with Crippen LogP contribution in [0.3, 0.4) is 0 Å². The van der Waals surface area contributed by atoms with Crippen molar-refractivity contribution in [3.8, 4) is 0 Å². The Morgan fingerprint density at radius 1 is 0.966 bits per heavy atom. The zero-order valence-electron chi connectivity index (χ0n) is 17.8. The van der Waals surface area contributed by atoms with Gasteiger partial charge in [-0.3, -0.25) is 0 Å². The molecular weight excluding hydrogens is 394 g/mol. The number of nitrogens with zero attached hydrogens (tertiary/aromatic N) is 1. The van der Waals surface area contributed by atoms with Crippen LogP contribution in [0, 0.1) is 18.8 Å². The molecule has 1 saturated carbocycles. The number of fused-ring (bicyclic) bond motifs is 1. The first-order valence-electron chi connectivity index (χ1n) is 10.9. The summed E-state index contributed by atoms with van der Waals surface area (Å²) >= 11 is 0. The number of sulfonamides is 1. The molecule has 2 aromatic rings. The molecule has 1 saturated heterocycles. The van der Waals surface area contributed by atoms with Gasteiger partial charge in [0.1, 0.15) is 0 Å². The van der Waals surface area contributed by atoms with Crippen LogP contribution in [0.1, 0.15) is 31.2 Å². The Labute approximate surface area is 177 Å². The van der Waals surface area contributed by atoms with Crippen LogP contribution in [0.4, 0.5) is 0 Å². The van der Waals surface area contributed by atoms with Gasteiger partial charge in [0.2, 0.25) is 10.0 Å². The lowest BCUT2D eigenvalue weighted by atomic mass is 9.79. The molecule has 2 aromatic carbocycles. The molecule has 1 aliphatic heterocycles. The molecule has 2 aliphatic rings. The summed E-state index contributed by atoms with van der Waals surface area (Å²) in [5.41, 5.74) is 1.09. The molecule has 0 radical (unpaired) electrons. The second-order valence-corrected chi connectivity index (χ2v) is 16.3. The molecule has 4 rings (SSSR count). The molecule has 1 aliphatic carbocycles. The zero-order chi connectivity index (χ0) is 20.6. The van der Waals surface area contributed by atoms with Gasteiger partial charge in [0.15, 0.2) is 0 Å². The summed E-state index contributed by atoms with van der Waals surface area (Å²) in [6, 6.07) is 19.3. The highest BCUT2D eigenvalue weighted by molar-refractivity contribution is 7.89. The number of rotatable bonds is 5. The van der Waals surface area contributed by atoms with Gasteiger partial charge in [0.25, 0.3) is 0 Å². The van der Waals surface area contributed by atoms with E-state index in [2.05, 4.69) is 43.4 Å². The van der Waals surface area contributed by atoms with Gasteiger partial charge >= 0.3 is 0 Å². The topological polar surface area (TPSA) is 37.4 Å². The van der Waals surface area contributed by atoms with Crippen LogP contribution in [0.25, 0.3) is 0 Å². The van der Waals surface area contributed by atoms with Crippen LogP contribution in [0.15, 0.2) is 59.5 Å². The van der Waals surface area contributed by atoms with E-state index in [0.29, 0.717) is 23.3 Å². The van der Waals surface area contributed by atoms with Crippen molar-refractivity contribution in [1.82, 2.24) is 4.31 Å². The van der Waals surface area contributed by atoms with Gasteiger partial charge in [-0.15, -0.1) is 0 Å². The monoisotopic (exact) mass is 427 g/mol. The second kappa shape index (κ2) is 8.01. The summed E-state index contributed by atoms with van der Waals surface area (Å²) in [5, 5.41) is 1.42. The predicted octanol–water partition coefficient (Wildman–Crippen LogP) is 4.79. The average molecular weight is 428 g/mol. The maximum Gasteiger partial charge on any atom is 0.243 e. The maximum atomic E-state index is 13.7. The summed E-state index contributed by atoms with van der Waals surface area (Å²) < 4.78 is 29.2. The summed E-state index contributed by atoms with van der Waals surface area (Å²) in [5.74, 6) is 1.04. The molecule has 3 atom stereocenters. The molecule has 3 nitrogen and oxygen atoms in total. The Bertz CT molecular complexity index is 941. The normalized spacial score (nSPS) is 25.7. The third-order valence-electron chi connectivity index (χ3n) is 7.15. The largest absolute Gasteiger partial charge is 0.243 e. The molecule has 0 spiro atoms. The van der Waals surface area contributed by atoms with E-state index in [4.69, 9.17) is 0 Å². The highest BCUT2D eigenvalue weighted by atomic mass is 32.2. The third kappa shape index (κ3) is 4.10. The van der Waals surface area contributed by atoms with Crippen molar-refractivity contribution in [2.45, 2.75) is 62.7 Å². The second-order valence-electron chi connectivity index (χ2n) is 9.62. The lowest BCUT2D eigenvalue weighted by Crippen LogP contribution is -2.49. The SMILES string of the molecule is Cc1ccc(S(=O)(=O)N2C[C@H]3CCCC[C@@H]3[C@@H]2C[Si](C)(C)c2ccccc2)cc1. The first kappa shape index (κ1) is 20.8. The van der Waals surface area contributed by atoms with Crippen LogP contribution in [0.5, 0.6) is 0 Å². The minimum absolute atomic E-state index is 0.133. The van der Waals surface area contributed by atoms with Gasteiger partial charge in [0, 0.05) is 12.6 Å². The van der Waals surface area contributed by atoms with Crippen molar-refractivity contribution in [2.24, 2.45) is 11.8 Å². The molecule has 0 bridgehead atoms. The summed E-state index contributed by atoms with van der Waals surface area (Å²) in [6.07, 6.45) is 4.83. The van der Waals surface area contributed by atoms with Gasteiger partial charge in [-0.25, -0.2) is 8.42 Å². The molecule has 2 fully saturated rings. The average Bonchev–Trinajstić information content (AvgIpc) is 3.08. The minimum Gasteiger partial charge on any atom is -0.207 e. The van der Waals surface area contributed by atoms with Crippen molar-refractivity contribution in [2.75, 3.05) is 6.54 Å². The molecule has 5 heteroatoms. The smallest absolute Gasteiger partial charge is 0.207 e. The van der Waals surface area contributed by atoms with Gasteiger partial charge in [-0.1, -0.05) is 79.2 Å². The van der Waals surface area contributed by atoms with Crippen LogP contribution in [-0.2, 0) is 10.0 Å². The van der Waals surface area contributed by atoms with Crippen LogP contribution < -0.4 is 5.19 Å². The molecule has 156 valence electrons. The van der Waals surface area contributed by atoms with Gasteiger partial charge in [-0.2, -0.15) is 4.31 Å². The molecule has 1 heterocycles. The number of aryl methyl sites for hydroxylation is 1. The first-order chi connectivity index (χ1) is 13.8. The molecule has 0 amide bonds. The van der Waals surface area contributed by atoms with E-state index in [1.807, 2.05) is 23.4 Å². The van der Waals surface area contributed by atoms with Gasteiger partial charge < -0.3 is 0 Å². The van der Waals surface area contributed by atoms with E-state index >= 15 is 0 Å². The first-order valence-corrected chi connectivity index (χ1v) is 15.6. The Balaban J connectivity index is 1.69. The molecular formula is C24H33NO2SSi. The molecule has 0 unspecified atom stereocenters. The lowest BCUT2D eigenvalue weighted by molar-refractivity contribution is 0.264. The lowest BCUT2D eigenvalue weighted by Gasteiger charge is -2.35. The van der Waals surface area contributed by atoms with E-state index in [9.17, 15) is 8.42 Å². The fourth-order valence-electron chi connectivity index (χ4n) is 5.45. The van der Waals surface area contributed by atoms with E-state index in [1.54, 1.807) is 12.1 Å². The summed E-state index contributed by atoms with van der Waals surface area (Å²) in [6.45, 7) is 7.49. The molecule has 0 aromatic heterocycles.